The molecule has 2 aromatic heterocycles. The highest BCUT2D eigenvalue weighted by molar-refractivity contribution is 5.90. The molecule has 0 fully saturated rings. The first-order valence-corrected chi connectivity index (χ1v) is 7.77. The van der Waals surface area contributed by atoms with Gasteiger partial charge in [0.25, 0.3) is 0 Å². The second kappa shape index (κ2) is 6.31. The fourth-order valence-electron chi connectivity index (χ4n) is 2.37. The molecule has 0 bridgehead atoms. The van der Waals surface area contributed by atoms with E-state index in [-0.39, 0.29) is 0 Å². The topological polar surface area (TPSA) is 79.9 Å². The van der Waals surface area contributed by atoms with Crippen LogP contribution in [0.3, 0.4) is 0 Å². The van der Waals surface area contributed by atoms with Crippen molar-refractivity contribution in [2.24, 2.45) is 0 Å². The van der Waals surface area contributed by atoms with Crippen LogP contribution in [0.2, 0.25) is 0 Å². The molecule has 1 aromatic carbocycles. The fourth-order valence-corrected chi connectivity index (χ4v) is 2.37. The van der Waals surface area contributed by atoms with E-state index in [0.29, 0.717) is 6.54 Å². The van der Waals surface area contributed by atoms with Crippen LogP contribution >= 0.6 is 0 Å². The average molecular weight is 324 g/mol. The molecule has 2 N–H and O–H groups in total. The van der Waals surface area contributed by atoms with Gasteiger partial charge in [0.1, 0.15) is 17.6 Å². The predicted molar refractivity (Wildman–Crippen MR) is 92.4 cm³/mol. The number of ether oxygens (including phenoxy) is 1. The van der Waals surface area contributed by atoms with Crippen molar-refractivity contribution < 1.29 is 9.53 Å². The number of alkyl carbamates (subject to hydrolysis) is 1. The Balaban J connectivity index is 1.70. The number of amides is 1. The summed E-state index contributed by atoms with van der Waals surface area (Å²) in [5.74, 6) is 0. The lowest BCUT2D eigenvalue weighted by Crippen LogP contribution is -2.32. The first-order chi connectivity index (χ1) is 11.4. The Morgan fingerprint density at radius 3 is 2.62 bits per heavy atom. The monoisotopic (exact) mass is 324 g/mol. The molecule has 0 aliphatic heterocycles. The molecule has 2 heterocycles. The number of fused-ring (bicyclic) bond motifs is 1. The normalized spacial score (nSPS) is 11.5. The number of hydrogen-bond acceptors (Lipinski definition) is 4. The minimum Gasteiger partial charge on any atom is -0.444 e. The number of rotatable bonds is 3. The molecular weight excluding hydrogens is 304 g/mol. The van der Waals surface area contributed by atoms with Crippen molar-refractivity contribution in [2.45, 2.75) is 32.9 Å². The van der Waals surface area contributed by atoms with E-state index in [4.69, 9.17) is 4.74 Å². The average Bonchev–Trinajstić information content (AvgIpc) is 3.00. The molecule has 0 aliphatic carbocycles. The molecule has 1 amide bonds. The first kappa shape index (κ1) is 16.0. The maximum atomic E-state index is 11.7. The summed E-state index contributed by atoms with van der Waals surface area (Å²) in [7, 11) is 0. The molecule has 6 nitrogen and oxygen atoms in total. The predicted octanol–water partition coefficient (Wildman–Crippen LogP) is 3.65. The van der Waals surface area contributed by atoms with E-state index in [1.807, 2.05) is 57.3 Å². The van der Waals surface area contributed by atoms with E-state index in [1.54, 1.807) is 6.33 Å². The third-order valence-electron chi connectivity index (χ3n) is 3.42. The van der Waals surface area contributed by atoms with Crippen LogP contribution in [0.25, 0.3) is 22.3 Å². The molecule has 3 rings (SSSR count). The molecule has 0 aliphatic rings. The van der Waals surface area contributed by atoms with Gasteiger partial charge < -0.3 is 15.0 Å². The Bertz CT molecular complexity index is 847. The second-order valence-corrected chi connectivity index (χ2v) is 6.51. The SMILES string of the molecule is CC(C)(C)OC(=O)NCc1ccc(-c2ncnc3[nH]ccc23)cc1. The Kier molecular flexibility index (Phi) is 4.20. The van der Waals surface area contributed by atoms with Gasteiger partial charge in [-0.05, 0) is 32.4 Å². The number of nitrogens with zero attached hydrogens (tertiary/aromatic N) is 2. The molecule has 0 saturated carbocycles. The standard InChI is InChI=1S/C18H20N4O2/c1-18(2,3)24-17(23)20-10-12-4-6-13(7-5-12)15-14-8-9-19-16(14)22-11-21-15/h4-9,11H,10H2,1-3H3,(H,20,23)(H,19,21,22). The number of hydrogen-bond donors (Lipinski definition) is 2. The Hall–Kier alpha value is -2.89. The largest absolute Gasteiger partial charge is 0.444 e. The van der Waals surface area contributed by atoms with Gasteiger partial charge in [-0.3, -0.25) is 0 Å². The van der Waals surface area contributed by atoms with Crippen molar-refractivity contribution in [1.29, 1.82) is 0 Å². The van der Waals surface area contributed by atoms with Gasteiger partial charge in [0, 0.05) is 23.7 Å². The summed E-state index contributed by atoms with van der Waals surface area (Å²) in [6, 6.07) is 9.87. The lowest BCUT2D eigenvalue weighted by molar-refractivity contribution is 0.0523. The molecule has 0 spiro atoms. The number of carbonyl (C=O) groups is 1. The lowest BCUT2D eigenvalue weighted by atomic mass is 10.1. The van der Waals surface area contributed by atoms with E-state index in [9.17, 15) is 4.79 Å². The van der Waals surface area contributed by atoms with Gasteiger partial charge in [-0.25, -0.2) is 14.8 Å². The van der Waals surface area contributed by atoms with Crippen molar-refractivity contribution >= 4 is 17.1 Å². The molecule has 0 saturated heterocycles. The molecule has 124 valence electrons. The Morgan fingerprint density at radius 1 is 1.17 bits per heavy atom. The van der Waals surface area contributed by atoms with E-state index in [2.05, 4.69) is 20.3 Å². The van der Waals surface area contributed by atoms with Crippen LogP contribution in [0.5, 0.6) is 0 Å². The molecule has 0 atom stereocenters. The first-order valence-electron chi connectivity index (χ1n) is 7.77. The van der Waals surface area contributed by atoms with Crippen molar-refractivity contribution in [2.75, 3.05) is 0 Å². The van der Waals surface area contributed by atoms with Gasteiger partial charge in [-0.1, -0.05) is 24.3 Å². The molecule has 6 heteroatoms. The number of H-pyrrole nitrogens is 1. The number of aromatic nitrogens is 3. The minimum absolute atomic E-state index is 0.415. The zero-order chi connectivity index (χ0) is 17.2. The Morgan fingerprint density at radius 2 is 1.92 bits per heavy atom. The van der Waals surface area contributed by atoms with E-state index in [1.165, 1.54) is 0 Å². The van der Waals surface area contributed by atoms with Gasteiger partial charge in [0.2, 0.25) is 0 Å². The molecule has 24 heavy (non-hydrogen) atoms. The lowest BCUT2D eigenvalue weighted by Gasteiger charge is -2.19. The summed E-state index contributed by atoms with van der Waals surface area (Å²) in [5.41, 5.74) is 3.19. The van der Waals surface area contributed by atoms with Crippen molar-refractivity contribution in [3.8, 4) is 11.3 Å². The summed E-state index contributed by atoms with van der Waals surface area (Å²) >= 11 is 0. The van der Waals surface area contributed by atoms with Crippen LogP contribution in [0.1, 0.15) is 26.3 Å². The number of carbonyl (C=O) groups excluding carboxylic acids is 1. The van der Waals surface area contributed by atoms with E-state index >= 15 is 0 Å². The summed E-state index contributed by atoms with van der Waals surface area (Å²) in [4.78, 5) is 23.3. The highest BCUT2D eigenvalue weighted by atomic mass is 16.6. The zero-order valence-corrected chi connectivity index (χ0v) is 14.0. The number of aromatic amines is 1. The molecular formula is C18H20N4O2. The van der Waals surface area contributed by atoms with E-state index < -0.39 is 11.7 Å². The van der Waals surface area contributed by atoms with Crippen LogP contribution in [-0.2, 0) is 11.3 Å². The van der Waals surface area contributed by atoms with Crippen LogP contribution in [0.4, 0.5) is 4.79 Å². The summed E-state index contributed by atoms with van der Waals surface area (Å²) < 4.78 is 5.22. The Labute approximate surface area is 140 Å². The minimum atomic E-state index is -0.497. The van der Waals surface area contributed by atoms with E-state index in [0.717, 1.165) is 27.9 Å². The van der Waals surface area contributed by atoms with Gasteiger partial charge >= 0.3 is 6.09 Å². The molecule has 3 aromatic rings. The van der Waals surface area contributed by atoms with Crippen molar-refractivity contribution in [3.05, 3.63) is 48.4 Å². The van der Waals surface area contributed by atoms with Crippen LogP contribution in [0, 0.1) is 0 Å². The fraction of sp³-hybridized carbons (Fsp3) is 0.278. The quantitative estimate of drug-likeness (QED) is 0.770. The second-order valence-electron chi connectivity index (χ2n) is 6.51. The summed E-state index contributed by atoms with van der Waals surface area (Å²) in [6.45, 7) is 5.93. The highest BCUT2D eigenvalue weighted by Crippen LogP contribution is 2.24. The smallest absolute Gasteiger partial charge is 0.407 e. The third kappa shape index (κ3) is 3.71. The third-order valence-corrected chi connectivity index (χ3v) is 3.42. The highest BCUT2D eigenvalue weighted by Gasteiger charge is 2.15. The maximum Gasteiger partial charge on any atom is 0.407 e. The van der Waals surface area contributed by atoms with Gasteiger partial charge in [-0.15, -0.1) is 0 Å². The van der Waals surface area contributed by atoms with Gasteiger partial charge in [0.15, 0.2) is 0 Å². The molecule has 0 unspecified atom stereocenters. The van der Waals surface area contributed by atoms with Crippen molar-refractivity contribution in [3.63, 3.8) is 0 Å². The number of benzene rings is 1. The maximum absolute atomic E-state index is 11.7. The summed E-state index contributed by atoms with van der Waals surface area (Å²) in [6.07, 6.45) is 2.98. The van der Waals surface area contributed by atoms with Gasteiger partial charge in [0.05, 0.1) is 5.69 Å². The zero-order valence-electron chi connectivity index (χ0n) is 14.0. The molecule has 0 radical (unpaired) electrons. The van der Waals surface area contributed by atoms with Crippen LogP contribution in [0.15, 0.2) is 42.9 Å². The number of nitrogens with one attached hydrogen (secondary N) is 2. The summed E-state index contributed by atoms with van der Waals surface area (Å²) in [5, 5.41) is 3.73. The van der Waals surface area contributed by atoms with Crippen molar-refractivity contribution in [1.82, 2.24) is 20.3 Å². The van der Waals surface area contributed by atoms with Crippen LogP contribution < -0.4 is 5.32 Å². The van der Waals surface area contributed by atoms with Gasteiger partial charge in [-0.2, -0.15) is 0 Å². The van der Waals surface area contributed by atoms with Crippen LogP contribution in [-0.4, -0.2) is 26.6 Å².